The van der Waals surface area contributed by atoms with E-state index >= 15 is 0 Å². The van der Waals surface area contributed by atoms with Gasteiger partial charge >= 0.3 is 0 Å². The van der Waals surface area contributed by atoms with E-state index in [2.05, 4.69) is 21.2 Å². The molecule has 0 radical (unpaired) electrons. The van der Waals surface area contributed by atoms with E-state index in [9.17, 15) is 9.59 Å². The fourth-order valence-electron chi connectivity index (χ4n) is 4.19. The second kappa shape index (κ2) is 9.11. The largest absolute Gasteiger partial charge is 0.463 e. The Hall–Kier alpha value is -2.97. The molecule has 0 bridgehead atoms. The van der Waals surface area contributed by atoms with Crippen molar-refractivity contribution < 1.29 is 14.0 Å². The van der Waals surface area contributed by atoms with Crippen molar-refractivity contribution in [1.29, 1.82) is 0 Å². The van der Waals surface area contributed by atoms with E-state index in [0.29, 0.717) is 26.8 Å². The Labute approximate surface area is 203 Å². The van der Waals surface area contributed by atoms with Gasteiger partial charge in [-0.25, -0.2) is 4.98 Å². The molecule has 5 rings (SSSR count). The Morgan fingerprint density at radius 3 is 2.55 bits per heavy atom. The first-order valence-electron chi connectivity index (χ1n) is 10.9. The van der Waals surface area contributed by atoms with Gasteiger partial charge in [-0.3, -0.25) is 9.59 Å². The molecule has 1 aliphatic rings. The topological polar surface area (TPSA) is 75.4 Å². The number of carbonyl (C=O) groups is 2. The van der Waals surface area contributed by atoms with Crippen LogP contribution in [0.1, 0.15) is 35.9 Å². The quantitative estimate of drug-likeness (QED) is 0.328. The van der Waals surface area contributed by atoms with Crippen molar-refractivity contribution in [2.75, 3.05) is 18.4 Å². The predicted octanol–water partition coefficient (Wildman–Crippen LogP) is 6.57. The van der Waals surface area contributed by atoms with Crippen molar-refractivity contribution in [3.8, 4) is 22.6 Å². The van der Waals surface area contributed by atoms with Crippen LogP contribution in [-0.4, -0.2) is 34.8 Å². The van der Waals surface area contributed by atoms with E-state index in [1.807, 2.05) is 47.4 Å². The number of furan rings is 1. The summed E-state index contributed by atoms with van der Waals surface area (Å²) in [5.74, 6) is 0.371. The molecule has 1 aliphatic heterocycles. The molecule has 2 amide bonds. The second-order valence-corrected chi connectivity index (χ2v) is 9.97. The molecule has 168 valence electrons. The molecule has 0 atom stereocenters. The van der Waals surface area contributed by atoms with E-state index < -0.39 is 0 Å². The van der Waals surface area contributed by atoms with Crippen molar-refractivity contribution in [3.63, 3.8) is 0 Å². The van der Waals surface area contributed by atoms with Crippen molar-refractivity contribution in [2.24, 2.45) is 0 Å². The van der Waals surface area contributed by atoms with Gasteiger partial charge in [0.1, 0.15) is 15.4 Å². The number of rotatable bonds is 4. The number of benzene rings is 1. The third-order valence-corrected chi connectivity index (χ3v) is 7.33. The molecule has 8 heteroatoms. The standard InChI is InChI=1S/C25H22BrN3O3S/c1-15(30)27-22-21-18(16-7-9-17(26)10-8-16)14-19(20-6-5-13-32-20)28-24(21)33-23(22)25(31)29-11-3-2-4-12-29/h5-10,13-14H,2-4,11-12H2,1H3,(H,27,30). The predicted molar refractivity (Wildman–Crippen MR) is 135 cm³/mol. The van der Waals surface area contributed by atoms with Crippen molar-refractivity contribution in [2.45, 2.75) is 26.2 Å². The number of thiophene rings is 1. The molecule has 0 saturated carbocycles. The first kappa shape index (κ1) is 21.9. The molecule has 0 spiro atoms. The highest BCUT2D eigenvalue weighted by Crippen LogP contribution is 2.43. The number of pyridine rings is 1. The highest BCUT2D eigenvalue weighted by atomic mass is 79.9. The molecular weight excluding hydrogens is 502 g/mol. The normalized spacial score (nSPS) is 13.9. The van der Waals surface area contributed by atoms with E-state index in [-0.39, 0.29) is 11.8 Å². The summed E-state index contributed by atoms with van der Waals surface area (Å²) in [4.78, 5) is 33.6. The van der Waals surface area contributed by atoms with Crippen LogP contribution in [0.3, 0.4) is 0 Å². The van der Waals surface area contributed by atoms with Gasteiger partial charge in [0.15, 0.2) is 5.76 Å². The van der Waals surface area contributed by atoms with Crippen LogP contribution in [0.25, 0.3) is 32.8 Å². The van der Waals surface area contributed by atoms with Crippen LogP contribution >= 0.6 is 27.3 Å². The minimum absolute atomic E-state index is 0.0530. The molecule has 4 aromatic rings. The molecule has 33 heavy (non-hydrogen) atoms. The molecule has 1 fully saturated rings. The Bertz CT molecular complexity index is 1320. The van der Waals surface area contributed by atoms with Crippen LogP contribution in [0.15, 0.2) is 57.6 Å². The van der Waals surface area contributed by atoms with Gasteiger partial charge in [-0.2, -0.15) is 0 Å². The summed E-state index contributed by atoms with van der Waals surface area (Å²) in [7, 11) is 0. The van der Waals surface area contributed by atoms with Gasteiger partial charge in [-0.1, -0.05) is 28.1 Å². The van der Waals surface area contributed by atoms with Gasteiger partial charge in [0.05, 0.1) is 12.0 Å². The van der Waals surface area contributed by atoms with Crippen LogP contribution in [0.2, 0.25) is 0 Å². The molecule has 0 unspecified atom stereocenters. The minimum atomic E-state index is -0.223. The highest BCUT2D eigenvalue weighted by Gasteiger charge is 2.28. The van der Waals surface area contributed by atoms with Crippen LogP contribution in [-0.2, 0) is 4.79 Å². The number of hydrogen-bond acceptors (Lipinski definition) is 5. The first-order chi connectivity index (χ1) is 16.0. The molecule has 3 aromatic heterocycles. The lowest BCUT2D eigenvalue weighted by Gasteiger charge is -2.26. The molecule has 1 aromatic carbocycles. The van der Waals surface area contributed by atoms with Gasteiger partial charge in [-0.15, -0.1) is 11.3 Å². The number of carbonyl (C=O) groups excluding carboxylic acids is 2. The number of fused-ring (bicyclic) bond motifs is 1. The SMILES string of the molecule is CC(=O)Nc1c(C(=O)N2CCCCC2)sc2nc(-c3ccco3)cc(-c3ccc(Br)cc3)c12. The average Bonchev–Trinajstić information content (AvgIpc) is 3.48. The van der Waals surface area contributed by atoms with Gasteiger partial charge < -0.3 is 14.6 Å². The lowest BCUT2D eigenvalue weighted by Crippen LogP contribution is -2.35. The Balaban J connectivity index is 1.76. The van der Waals surface area contributed by atoms with Gasteiger partial charge in [0.25, 0.3) is 5.91 Å². The summed E-state index contributed by atoms with van der Waals surface area (Å²) >= 11 is 4.82. The maximum absolute atomic E-state index is 13.5. The molecule has 1 saturated heterocycles. The minimum Gasteiger partial charge on any atom is -0.463 e. The number of piperidine rings is 1. The number of amides is 2. The maximum Gasteiger partial charge on any atom is 0.266 e. The summed E-state index contributed by atoms with van der Waals surface area (Å²) in [5, 5.41) is 3.71. The number of anilines is 1. The lowest BCUT2D eigenvalue weighted by atomic mass is 10.0. The lowest BCUT2D eigenvalue weighted by molar-refractivity contribution is -0.114. The molecular formula is C25H22BrN3O3S. The summed E-state index contributed by atoms with van der Waals surface area (Å²) in [5.41, 5.74) is 3.06. The zero-order chi connectivity index (χ0) is 22.9. The van der Waals surface area contributed by atoms with E-state index in [4.69, 9.17) is 9.40 Å². The Morgan fingerprint density at radius 1 is 1.12 bits per heavy atom. The van der Waals surface area contributed by atoms with Gasteiger partial charge in [-0.05, 0) is 60.7 Å². The zero-order valence-corrected chi connectivity index (χ0v) is 20.5. The number of halogens is 1. The van der Waals surface area contributed by atoms with E-state index in [0.717, 1.165) is 53.3 Å². The molecule has 1 N–H and O–H groups in total. The van der Waals surface area contributed by atoms with Crippen molar-refractivity contribution in [1.82, 2.24) is 9.88 Å². The maximum atomic E-state index is 13.5. The Kier molecular flexibility index (Phi) is 6.03. The monoisotopic (exact) mass is 523 g/mol. The van der Waals surface area contributed by atoms with E-state index in [1.165, 1.54) is 18.3 Å². The molecule has 6 nitrogen and oxygen atoms in total. The molecule has 0 aliphatic carbocycles. The number of likely N-dealkylation sites (tertiary alicyclic amines) is 1. The summed E-state index contributed by atoms with van der Waals surface area (Å²) in [6.45, 7) is 2.93. The molecule has 4 heterocycles. The summed E-state index contributed by atoms with van der Waals surface area (Å²) < 4.78 is 6.58. The Morgan fingerprint density at radius 2 is 1.88 bits per heavy atom. The summed E-state index contributed by atoms with van der Waals surface area (Å²) in [6, 6.07) is 13.6. The van der Waals surface area contributed by atoms with Gasteiger partial charge in [0.2, 0.25) is 5.91 Å². The fraction of sp³-hybridized carbons (Fsp3) is 0.240. The van der Waals surface area contributed by atoms with Crippen LogP contribution in [0, 0.1) is 0 Å². The third-order valence-electron chi connectivity index (χ3n) is 5.73. The number of nitrogens with zero attached hydrogens (tertiary/aromatic N) is 2. The zero-order valence-electron chi connectivity index (χ0n) is 18.1. The fourth-order valence-corrected chi connectivity index (χ4v) is 5.58. The number of aromatic nitrogens is 1. The first-order valence-corrected chi connectivity index (χ1v) is 12.5. The number of hydrogen-bond donors (Lipinski definition) is 1. The summed E-state index contributed by atoms with van der Waals surface area (Å²) in [6.07, 6.45) is 4.74. The third kappa shape index (κ3) is 4.32. The van der Waals surface area contributed by atoms with Crippen LogP contribution in [0.5, 0.6) is 0 Å². The van der Waals surface area contributed by atoms with Gasteiger partial charge in [0, 0.05) is 29.9 Å². The van der Waals surface area contributed by atoms with E-state index in [1.54, 1.807) is 6.26 Å². The smallest absolute Gasteiger partial charge is 0.266 e. The van der Waals surface area contributed by atoms with Crippen molar-refractivity contribution >= 4 is 55.0 Å². The number of nitrogens with one attached hydrogen (secondary N) is 1. The highest BCUT2D eigenvalue weighted by molar-refractivity contribution is 9.10. The van der Waals surface area contributed by atoms with Crippen molar-refractivity contribution in [3.05, 3.63) is 58.1 Å². The second-order valence-electron chi connectivity index (χ2n) is 8.06. The van der Waals surface area contributed by atoms with Crippen LogP contribution < -0.4 is 5.32 Å². The van der Waals surface area contributed by atoms with Crippen LogP contribution in [0.4, 0.5) is 5.69 Å². The average molecular weight is 524 g/mol.